The monoisotopic (exact) mass is 557 g/mol. The average molecular weight is 558 g/mol. The molecule has 2 aromatic heterocycles. The number of aromatic nitrogens is 1. The van der Waals surface area contributed by atoms with Crippen LogP contribution in [-0.4, -0.2) is 40.8 Å². The minimum Gasteiger partial charge on any atom is -0.379 e. The van der Waals surface area contributed by atoms with Crippen molar-refractivity contribution < 1.29 is 9.13 Å². The van der Waals surface area contributed by atoms with E-state index < -0.39 is 0 Å². The first kappa shape index (κ1) is 25.4. The van der Waals surface area contributed by atoms with Crippen LogP contribution in [0.2, 0.25) is 5.02 Å². The van der Waals surface area contributed by atoms with E-state index in [-0.39, 0.29) is 5.82 Å². The van der Waals surface area contributed by atoms with Gasteiger partial charge in [0.1, 0.15) is 15.6 Å². The Labute approximate surface area is 229 Å². The minimum atomic E-state index is -0.246. The Morgan fingerprint density at radius 1 is 1.06 bits per heavy atom. The zero-order valence-corrected chi connectivity index (χ0v) is 22.7. The van der Waals surface area contributed by atoms with Crippen LogP contribution in [0.3, 0.4) is 0 Å². The van der Waals surface area contributed by atoms with Crippen molar-refractivity contribution in [1.82, 2.24) is 14.8 Å². The van der Waals surface area contributed by atoms with E-state index in [1.807, 2.05) is 36.5 Å². The summed E-state index contributed by atoms with van der Waals surface area (Å²) in [4.78, 5) is 5.29. The van der Waals surface area contributed by atoms with Crippen LogP contribution in [0, 0.1) is 10.3 Å². The lowest BCUT2D eigenvalue weighted by atomic mass is 10.1. The van der Waals surface area contributed by atoms with Crippen LogP contribution < -0.4 is 5.32 Å². The van der Waals surface area contributed by atoms with E-state index in [0.717, 1.165) is 64.3 Å². The third-order valence-corrected chi connectivity index (χ3v) is 8.35. The predicted octanol–water partition coefficient (Wildman–Crippen LogP) is 6.57. The predicted molar refractivity (Wildman–Crippen MR) is 152 cm³/mol. The maximum atomic E-state index is 13.9. The number of hydrogen-bond donors (Lipinski definition) is 1. The second kappa shape index (κ2) is 11.5. The molecule has 0 unspecified atom stereocenters. The Balaban J connectivity index is 1.48. The molecule has 1 aliphatic rings. The molecule has 9 heteroatoms. The smallest absolute Gasteiger partial charge is 0.123 e. The second-order valence-electron chi connectivity index (χ2n) is 8.76. The number of nitrogens with zero attached hydrogens (tertiary/aromatic N) is 2. The summed E-state index contributed by atoms with van der Waals surface area (Å²) in [5.41, 5.74) is 2.76. The quantitative estimate of drug-likeness (QED) is 0.260. The highest BCUT2D eigenvalue weighted by atomic mass is 35.5. The number of pyridine rings is 1. The van der Waals surface area contributed by atoms with Crippen LogP contribution in [0.4, 0.5) is 4.39 Å². The number of thiocarbonyl (C=S) groups is 1. The van der Waals surface area contributed by atoms with Gasteiger partial charge in [0.05, 0.1) is 17.7 Å². The second-order valence-corrected chi connectivity index (χ2v) is 11.1. The molecule has 3 heterocycles. The molecule has 0 atom stereocenters. The zero-order chi connectivity index (χ0) is 25.1. The summed E-state index contributed by atoms with van der Waals surface area (Å²) >= 11 is 19.5. The maximum Gasteiger partial charge on any atom is 0.123 e. The molecule has 0 saturated carbocycles. The van der Waals surface area contributed by atoms with Gasteiger partial charge in [0, 0.05) is 59.8 Å². The highest BCUT2D eigenvalue weighted by molar-refractivity contribution is 7.80. The van der Waals surface area contributed by atoms with Crippen molar-refractivity contribution in [3.63, 3.8) is 0 Å². The number of fused-ring (bicyclic) bond motifs is 1. The minimum absolute atomic E-state index is 0.246. The number of thiophene rings is 1. The van der Waals surface area contributed by atoms with Crippen molar-refractivity contribution >= 4 is 62.6 Å². The van der Waals surface area contributed by atoms with Crippen molar-refractivity contribution in [2.45, 2.75) is 19.6 Å². The first-order valence-corrected chi connectivity index (χ1v) is 13.7. The van der Waals surface area contributed by atoms with Crippen molar-refractivity contribution in [2.75, 3.05) is 26.3 Å². The fraction of sp³-hybridized carbons (Fsp3) is 0.259. The SMILES string of the molecule is Fc1cccc(Cn2cc(C(=S)NCc3ccc(Cl)cc3)c(=S)c3cc(CN4CCOCC4)sc32)c1. The van der Waals surface area contributed by atoms with E-state index in [9.17, 15) is 4.39 Å². The van der Waals surface area contributed by atoms with E-state index in [4.69, 9.17) is 40.8 Å². The van der Waals surface area contributed by atoms with E-state index in [1.165, 1.54) is 10.9 Å². The summed E-state index contributed by atoms with van der Waals surface area (Å²) < 4.78 is 22.3. The van der Waals surface area contributed by atoms with Gasteiger partial charge in [-0.2, -0.15) is 0 Å². The Kier molecular flexibility index (Phi) is 8.10. The number of morpholine rings is 1. The number of hydrogen-bond acceptors (Lipinski definition) is 5. The van der Waals surface area contributed by atoms with Crippen LogP contribution >= 0.6 is 47.4 Å². The van der Waals surface area contributed by atoms with Gasteiger partial charge < -0.3 is 14.6 Å². The molecule has 0 aliphatic carbocycles. The first-order valence-electron chi connectivity index (χ1n) is 11.7. The summed E-state index contributed by atoms with van der Waals surface area (Å²) in [6.07, 6.45) is 2.00. The van der Waals surface area contributed by atoms with E-state index >= 15 is 0 Å². The molecular formula is C27H25ClFN3OS3. The van der Waals surface area contributed by atoms with Crippen LogP contribution in [-0.2, 0) is 24.4 Å². The fourth-order valence-electron chi connectivity index (χ4n) is 4.27. The molecule has 1 N–H and O–H groups in total. The summed E-state index contributed by atoms with van der Waals surface area (Å²) in [7, 11) is 0. The van der Waals surface area contributed by atoms with Gasteiger partial charge in [-0.3, -0.25) is 4.90 Å². The largest absolute Gasteiger partial charge is 0.379 e. The van der Waals surface area contributed by atoms with Crippen LogP contribution in [0.1, 0.15) is 21.6 Å². The fourth-order valence-corrected chi connectivity index (χ4v) is 6.24. The van der Waals surface area contributed by atoms with Gasteiger partial charge in [-0.05, 0) is 41.5 Å². The number of halogens is 2. The number of rotatable bonds is 7. The lowest BCUT2D eigenvalue weighted by Crippen LogP contribution is -2.35. The highest BCUT2D eigenvalue weighted by Gasteiger charge is 2.17. The lowest BCUT2D eigenvalue weighted by molar-refractivity contribution is 0.0346. The molecular weight excluding hydrogens is 533 g/mol. The van der Waals surface area contributed by atoms with Crippen molar-refractivity contribution in [3.05, 3.63) is 97.7 Å². The van der Waals surface area contributed by atoms with Crippen molar-refractivity contribution in [3.8, 4) is 0 Å². The molecule has 0 spiro atoms. The third kappa shape index (κ3) is 6.02. The van der Waals surface area contributed by atoms with Crippen molar-refractivity contribution in [1.29, 1.82) is 0 Å². The summed E-state index contributed by atoms with van der Waals surface area (Å²) in [6, 6.07) is 16.5. The summed E-state index contributed by atoms with van der Waals surface area (Å²) in [5, 5.41) is 5.04. The Bertz CT molecular complexity index is 1450. The van der Waals surface area contributed by atoms with E-state index in [1.54, 1.807) is 23.5 Å². The molecule has 1 saturated heterocycles. The van der Waals surface area contributed by atoms with Gasteiger partial charge in [0.2, 0.25) is 0 Å². The van der Waals surface area contributed by atoms with E-state index in [0.29, 0.717) is 23.1 Å². The summed E-state index contributed by atoms with van der Waals surface area (Å²) in [5.74, 6) is -0.246. The molecule has 0 radical (unpaired) electrons. The zero-order valence-electron chi connectivity index (χ0n) is 19.5. The number of ether oxygens (including phenoxy) is 1. The van der Waals surface area contributed by atoms with Gasteiger partial charge in [-0.1, -0.05) is 60.3 Å². The number of nitrogens with one attached hydrogen (secondary N) is 1. The maximum absolute atomic E-state index is 13.9. The molecule has 4 nitrogen and oxygen atoms in total. The first-order chi connectivity index (χ1) is 17.5. The normalized spacial score (nSPS) is 14.3. The number of benzene rings is 2. The van der Waals surface area contributed by atoms with Crippen LogP contribution in [0.25, 0.3) is 10.2 Å². The third-order valence-electron chi connectivity index (χ3n) is 6.13. The van der Waals surface area contributed by atoms with Gasteiger partial charge in [0.25, 0.3) is 0 Å². The molecule has 0 amide bonds. The highest BCUT2D eigenvalue weighted by Crippen LogP contribution is 2.30. The van der Waals surface area contributed by atoms with Gasteiger partial charge in [0.15, 0.2) is 0 Å². The molecule has 0 bridgehead atoms. The Morgan fingerprint density at radius 3 is 2.58 bits per heavy atom. The summed E-state index contributed by atoms with van der Waals surface area (Å²) in [6.45, 7) is 5.30. The van der Waals surface area contributed by atoms with Gasteiger partial charge in [-0.25, -0.2) is 4.39 Å². The van der Waals surface area contributed by atoms with Gasteiger partial charge >= 0.3 is 0 Å². The molecule has 5 rings (SSSR count). The molecule has 4 aromatic rings. The Morgan fingerprint density at radius 2 is 1.83 bits per heavy atom. The molecule has 1 fully saturated rings. The van der Waals surface area contributed by atoms with Crippen LogP contribution in [0.5, 0.6) is 0 Å². The topological polar surface area (TPSA) is 29.4 Å². The van der Waals surface area contributed by atoms with Crippen LogP contribution in [0.15, 0.2) is 60.8 Å². The van der Waals surface area contributed by atoms with Gasteiger partial charge in [-0.15, -0.1) is 11.3 Å². The molecule has 2 aromatic carbocycles. The molecule has 36 heavy (non-hydrogen) atoms. The lowest BCUT2D eigenvalue weighted by Gasteiger charge is -2.25. The molecule has 1 aliphatic heterocycles. The Hall–Kier alpha value is -2.20. The average Bonchev–Trinajstić information content (AvgIpc) is 3.30. The molecule has 186 valence electrons. The standard InChI is InChI=1S/C27H25ClFN3OS3/c28-20-6-4-18(5-7-20)14-30-26(35)24-17-32(15-19-2-1-3-21(29)12-19)27-23(25(24)34)13-22(36-27)16-31-8-10-33-11-9-31/h1-7,12-13,17H,8-11,14-16H2,(H,30,35). The van der Waals surface area contributed by atoms with Crippen molar-refractivity contribution in [2.24, 2.45) is 0 Å². The van der Waals surface area contributed by atoms with E-state index in [2.05, 4.69) is 20.9 Å².